The van der Waals surface area contributed by atoms with Crippen molar-refractivity contribution in [3.05, 3.63) is 29.8 Å². The first kappa shape index (κ1) is 21.0. The molecule has 1 aliphatic carbocycles. The second-order valence-corrected chi connectivity index (χ2v) is 6.30. The number of piperazine rings is 1. The topological polar surface area (TPSA) is 58.8 Å². The summed E-state index contributed by atoms with van der Waals surface area (Å²) in [6.07, 6.45) is 1.69. The maximum Gasteiger partial charge on any atom is 0.242 e. The second kappa shape index (κ2) is 8.90. The molecule has 2 N–H and O–H groups in total. The van der Waals surface area contributed by atoms with Gasteiger partial charge in [-0.2, -0.15) is 0 Å². The first-order valence-corrected chi connectivity index (χ1v) is 8.13. The number of nitrogens with zero attached hydrogens (tertiary/aromatic N) is 2. The van der Waals surface area contributed by atoms with Crippen molar-refractivity contribution in [3.8, 4) is 5.75 Å². The standard InChI is InChI=1S/C17H25N3O2.2ClH/c1-2-22-15-5-3-14(4-6-15)13-19-9-11-20(12-10-19)16(21)17(18)7-8-17;;/h3-6H,2,7-13,18H2,1H3;2*1H. The molecule has 1 saturated carbocycles. The molecule has 7 heteroatoms. The van der Waals surface area contributed by atoms with E-state index in [0.717, 1.165) is 51.3 Å². The SMILES string of the molecule is CCOc1ccc(CN2CCN(C(=O)C3(N)CC3)CC2)cc1.Cl.Cl. The van der Waals surface area contributed by atoms with E-state index < -0.39 is 5.54 Å². The lowest BCUT2D eigenvalue weighted by Crippen LogP contribution is -2.53. The van der Waals surface area contributed by atoms with E-state index in [9.17, 15) is 4.79 Å². The van der Waals surface area contributed by atoms with Crippen LogP contribution >= 0.6 is 24.8 Å². The Hall–Kier alpha value is -1.01. The predicted octanol–water partition coefficient (Wildman–Crippen LogP) is 2.06. The van der Waals surface area contributed by atoms with Gasteiger partial charge in [-0.1, -0.05) is 12.1 Å². The fourth-order valence-electron chi connectivity index (χ4n) is 2.89. The average Bonchev–Trinajstić information content (AvgIpc) is 3.29. The van der Waals surface area contributed by atoms with Gasteiger partial charge in [-0.3, -0.25) is 9.69 Å². The number of nitrogens with two attached hydrogens (primary N) is 1. The lowest BCUT2D eigenvalue weighted by molar-refractivity contribution is -0.135. The number of rotatable bonds is 5. The van der Waals surface area contributed by atoms with Crippen LogP contribution in [0.15, 0.2) is 24.3 Å². The van der Waals surface area contributed by atoms with Gasteiger partial charge in [0, 0.05) is 32.7 Å². The van der Waals surface area contributed by atoms with Crippen LogP contribution in [0.2, 0.25) is 0 Å². The summed E-state index contributed by atoms with van der Waals surface area (Å²) in [7, 11) is 0. The largest absolute Gasteiger partial charge is 0.494 e. The number of benzene rings is 1. The van der Waals surface area contributed by atoms with Gasteiger partial charge in [0.25, 0.3) is 0 Å². The van der Waals surface area contributed by atoms with E-state index in [0.29, 0.717) is 6.61 Å². The molecule has 0 radical (unpaired) electrons. The predicted molar refractivity (Wildman–Crippen MR) is 100 cm³/mol. The zero-order valence-corrected chi connectivity index (χ0v) is 15.7. The molecule has 1 heterocycles. The third-order valence-electron chi connectivity index (χ3n) is 4.51. The zero-order chi connectivity index (χ0) is 15.6. The summed E-state index contributed by atoms with van der Waals surface area (Å²) >= 11 is 0. The van der Waals surface area contributed by atoms with Crippen LogP contribution in [0.25, 0.3) is 0 Å². The van der Waals surface area contributed by atoms with Crippen molar-refractivity contribution in [2.24, 2.45) is 5.73 Å². The molecule has 0 bridgehead atoms. The summed E-state index contributed by atoms with van der Waals surface area (Å²) in [5.74, 6) is 1.06. The summed E-state index contributed by atoms with van der Waals surface area (Å²) in [5.41, 5.74) is 6.75. The molecular formula is C17H27Cl2N3O2. The average molecular weight is 376 g/mol. The highest BCUT2D eigenvalue weighted by atomic mass is 35.5. The fourth-order valence-corrected chi connectivity index (χ4v) is 2.89. The van der Waals surface area contributed by atoms with Gasteiger partial charge in [0.05, 0.1) is 12.1 Å². The van der Waals surface area contributed by atoms with E-state index in [-0.39, 0.29) is 30.7 Å². The molecule has 136 valence electrons. The molecule has 0 unspecified atom stereocenters. The Labute approximate surface area is 156 Å². The van der Waals surface area contributed by atoms with Crippen LogP contribution in [-0.4, -0.2) is 54.0 Å². The van der Waals surface area contributed by atoms with Crippen LogP contribution < -0.4 is 10.5 Å². The van der Waals surface area contributed by atoms with Crippen molar-refractivity contribution < 1.29 is 9.53 Å². The van der Waals surface area contributed by atoms with Crippen LogP contribution in [0.3, 0.4) is 0 Å². The maximum absolute atomic E-state index is 12.2. The van der Waals surface area contributed by atoms with Crippen molar-refractivity contribution in [2.75, 3.05) is 32.8 Å². The van der Waals surface area contributed by atoms with Gasteiger partial charge in [-0.25, -0.2) is 0 Å². The zero-order valence-electron chi connectivity index (χ0n) is 14.1. The number of carbonyl (C=O) groups excluding carboxylic acids is 1. The molecule has 0 spiro atoms. The molecule has 5 nitrogen and oxygen atoms in total. The van der Waals surface area contributed by atoms with Crippen LogP contribution in [0, 0.1) is 0 Å². The minimum atomic E-state index is -0.530. The van der Waals surface area contributed by atoms with E-state index in [1.165, 1.54) is 5.56 Å². The van der Waals surface area contributed by atoms with Crippen LogP contribution in [0.4, 0.5) is 0 Å². The number of amides is 1. The minimum absolute atomic E-state index is 0. The van der Waals surface area contributed by atoms with Crippen molar-refractivity contribution in [1.29, 1.82) is 0 Å². The minimum Gasteiger partial charge on any atom is -0.494 e. The summed E-state index contributed by atoms with van der Waals surface area (Å²) < 4.78 is 5.46. The first-order chi connectivity index (χ1) is 10.6. The summed E-state index contributed by atoms with van der Waals surface area (Å²) in [5, 5.41) is 0. The number of hydrogen-bond acceptors (Lipinski definition) is 4. The summed E-state index contributed by atoms with van der Waals surface area (Å²) in [6.45, 7) is 7.00. The Bertz CT molecular complexity index is 527. The third-order valence-corrected chi connectivity index (χ3v) is 4.51. The van der Waals surface area contributed by atoms with E-state index in [1.54, 1.807) is 0 Å². The second-order valence-electron chi connectivity index (χ2n) is 6.30. The number of carbonyl (C=O) groups is 1. The van der Waals surface area contributed by atoms with E-state index in [2.05, 4.69) is 17.0 Å². The number of hydrogen-bond donors (Lipinski definition) is 1. The summed E-state index contributed by atoms with van der Waals surface area (Å²) in [6, 6.07) is 8.26. The molecule has 1 aromatic rings. The molecule has 3 rings (SSSR count). The smallest absolute Gasteiger partial charge is 0.242 e. The molecule has 1 amide bonds. The van der Waals surface area contributed by atoms with Crippen molar-refractivity contribution in [3.63, 3.8) is 0 Å². The van der Waals surface area contributed by atoms with Crippen LogP contribution in [0.5, 0.6) is 5.75 Å². The molecule has 1 saturated heterocycles. The first-order valence-electron chi connectivity index (χ1n) is 8.13. The fraction of sp³-hybridized carbons (Fsp3) is 0.588. The van der Waals surface area contributed by atoms with Gasteiger partial charge in [-0.15, -0.1) is 24.8 Å². The van der Waals surface area contributed by atoms with Gasteiger partial charge in [0.2, 0.25) is 5.91 Å². The van der Waals surface area contributed by atoms with E-state index >= 15 is 0 Å². The molecule has 1 aliphatic heterocycles. The molecule has 0 aromatic heterocycles. The lowest BCUT2D eigenvalue weighted by atomic mass is 10.1. The quantitative estimate of drug-likeness (QED) is 0.855. The number of ether oxygens (including phenoxy) is 1. The highest BCUT2D eigenvalue weighted by Crippen LogP contribution is 2.34. The van der Waals surface area contributed by atoms with Crippen molar-refractivity contribution in [1.82, 2.24) is 9.80 Å². The molecule has 1 aromatic carbocycles. The van der Waals surface area contributed by atoms with E-state index in [1.807, 2.05) is 24.0 Å². The Morgan fingerprint density at radius 2 is 1.71 bits per heavy atom. The van der Waals surface area contributed by atoms with E-state index in [4.69, 9.17) is 10.5 Å². The van der Waals surface area contributed by atoms with Gasteiger partial charge in [0.1, 0.15) is 5.75 Å². The highest BCUT2D eigenvalue weighted by molar-refractivity contribution is 5.89. The van der Waals surface area contributed by atoms with Crippen LogP contribution in [0.1, 0.15) is 25.3 Å². The Morgan fingerprint density at radius 3 is 2.21 bits per heavy atom. The number of halogens is 2. The van der Waals surface area contributed by atoms with Crippen molar-refractivity contribution >= 4 is 30.7 Å². The Morgan fingerprint density at radius 1 is 1.12 bits per heavy atom. The van der Waals surface area contributed by atoms with Gasteiger partial charge >= 0.3 is 0 Å². The van der Waals surface area contributed by atoms with Gasteiger partial charge in [0.15, 0.2) is 0 Å². The molecule has 24 heavy (non-hydrogen) atoms. The third kappa shape index (κ3) is 4.99. The van der Waals surface area contributed by atoms with Gasteiger partial charge in [-0.05, 0) is 37.5 Å². The molecule has 2 fully saturated rings. The van der Waals surface area contributed by atoms with Crippen molar-refractivity contribution in [2.45, 2.75) is 31.8 Å². The maximum atomic E-state index is 12.2. The lowest BCUT2D eigenvalue weighted by Gasteiger charge is -2.36. The Kier molecular flexibility index (Phi) is 7.80. The highest BCUT2D eigenvalue weighted by Gasteiger charge is 2.48. The molecule has 2 aliphatic rings. The Balaban J connectivity index is 0.00000144. The summed E-state index contributed by atoms with van der Waals surface area (Å²) in [4.78, 5) is 16.5. The normalized spacial score (nSPS) is 19.0. The molecule has 0 atom stereocenters. The van der Waals surface area contributed by atoms with Crippen LogP contribution in [-0.2, 0) is 11.3 Å². The monoisotopic (exact) mass is 375 g/mol. The van der Waals surface area contributed by atoms with Gasteiger partial charge < -0.3 is 15.4 Å². The molecular weight excluding hydrogens is 349 g/mol.